The molecule has 0 aliphatic carbocycles. The largest absolute Gasteiger partial charge is 0.309 e. The molecule has 7 aromatic carbocycles. The van der Waals surface area contributed by atoms with Crippen LogP contribution in [-0.2, 0) is 0 Å². The lowest BCUT2D eigenvalue weighted by molar-refractivity contribution is 1.18. The molecular formula is C42H27N3. The van der Waals surface area contributed by atoms with E-state index in [-0.39, 0.29) is 0 Å². The molecule has 0 amide bonds. The molecule has 2 heterocycles. The number of benzene rings is 7. The fourth-order valence-electron chi connectivity index (χ4n) is 6.60. The third-order valence-electron chi connectivity index (χ3n) is 8.79. The molecule has 3 nitrogen and oxygen atoms in total. The van der Waals surface area contributed by atoms with Crippen LogP contribution in [0.2, 0.25) is 0 Å². The van der Waals surface area contributed by atoms with Crippen LogP contribution in [0.5, 0.6) is 0 Å². The Balaban J connectivity index is 1.08. The van der Waals surface area contributed by atoms with Crippen LogP contribution in [0.15, 0.2) is 164 Å². The van der Waals surface area contributed by atoms with Crippen LogP contribution in [0.1, 0.15) is 0 Å². The maximum Gasteiger partial charge on any atom is 0.160 e. The second-order valence-electron chi connectivity index (χ2n) is 11.5. The van der Waals surface area contributed by atoms with Crippen molar-refractivity contribution in [2.75, 3.05) is 0 Å². The van der Waals surface area contributed by atoms with E-state index >= 15 is 0 Å². The van der Waals surface area contributed by atoms with Gasteiger partial charge >= 0.3 is 0 Å². The molecule has 3 heteroatoms. The van der Waals surface area contributed by atoms with Crippen molar-refractivity contribution in [2.24, 2.45) is 0 Å². The molecule has 9 rings (SSSR count). The lowest BCUT2D eigenvalue weighted by Gasteiger charge is -2.11. The Morgan fingerprint density at radius 2 is 0.822 bits per heavy atom. The minimum absolute atomic E-state index is 0.724. The molecule has 0 aliphatic heterocycles. The SMILES string of the molecule is c1ccc(-c2cc(-c3ccc(-c4ccc(-n5c6cccc7ccc8cccc5c8c76)cc4)cc3)nc(-c3ccccc3)n2)cc1. The number of rotatable bonds is 5. The number of aromatic nitrogens is 3. The normalized spacial score (nSPS) is 11.6. The van der Waals surface area contributed by atoms with Crippen LogP contribution in [0.4, 0.5) is 0 Å². The zero-order chi connectivity index (χ0) is 29.7. The quantitative estimate of drug-likeness (QED) is 0.192. The highest BCUT2D eigenvalue weighted by molar-refractivity contribution is 6.24. The molecule has 2 aromatic heterocycles. The van der Waals surface area contributed by atoms with Crippen LogP contribution in [0, 0.1) is 0 Å². The average Bonchev–Trinajstić information content (AvgIpc) is 3.47. The fourth-order valence-corrected chi connectivity index (χ4v) is 6.60. The van der Waals surface area contributed by atoms with Gasteiger partial charge in [-0.05, 0) is 52.2 Å². The van der Waals surface area contributed by atoms with Crippen LogP contribution in [0.25, 0.3) is 83.3 Å². The van der Waals surface area contributed by atoms with Gasteiger partial charge in [0.05, 0.1) is 22.4 Å². The molecule has 0 bridgehead atoms. The van der Waals surface area contributed by atoms with Gasteiger partial charge in [-0.25, -0.2) is 9.97 Å². The van der Waals surface area contributed by atoms with Gasteiger partial charge < -0.3 is 4.57 Å². The predicted octanol–water partition coefficient (Wildman–Crippen LogP) is 10.8. The molecule has 0 spiro atoms. The monoisotopic (exact) mass is 573 g/mol. The zero-order valence-electron chi connectivity index (χ0n) is 24.4. The lowest BCUT2D eigenvalue weighted by Crippen LogP contribution is -1.96. The molecule has 0 aliphatic rings. The van der Waals surface area contributed by atoms with E-state index in [1.165, 1.54) is 43.7 Å². The topological polar surface area (TPSA) is 30.7 Å². The molecule has 0 radical (unpaired) electrons. The van der Waals surface area contributed by atoms with Crippen LogP contribution < -0.4 is 0 Å². The van der Waals surface area contributed by atoms with Crippen LogP contribution in [0.3, 0.4) is 0 Å². The number of nitrogens with zero attached hydrogens (tertiary/aromatic N) is 3. The highest BCUT2D eigenvalue weighted by Gasteiger charge is 2.16. The molecule has 0 saturated heterocycles. The third-order valence-corrected chi connectivity index (χ3v) is 8.79. The molecule has 210 valence electrons. The first-order chi connectivity index (χ1) is 22.3. The lowest BCUT2D eigenvalue weighted by atomic mass is 10.0. The summed E-state index contributed by atoms with van der Waals surface area (Å²) < 4.78 is 2.39. The van der Waals surface area contributed by atoms with Gasteiger partial charge in [-0.3, -0.25) is 0 Å². The maximum atomic E-state index is 4.99. The first kappa shape index (κ1) is 25.4. The van der Waals surface area contributed by atoms with E-state index in [1.54, 1.807) is 0 Å². The highest BCUT2D eigenvalue weighted by Crippen LogP contribution is 2.39. The van der Waals surface area contributed by atoms with Crippen molar-refractivity contribution in [3.63, 3.8) is 0 Å². The van der Waals surface area contributed by atoms with Crippen molar-refractivity contribution in [3.05, 3.63) is 164 Å². The van der Waals surface area contributed by atoms with Gasteiger partial charge in [0.15, 0.2) is 5.82 Å². The third kappa shape index (κ3) is 4.29. The molecular weight excluding hydrogens is 546 g/mol. The summed E-state index contributed by atoms with van der Waals surface area (Å²) in [4.78, 5) is 9.92. The summed E-state index contributed by atoms with van der Waals surface area (Å²) in [6.45, 7) is 0. The molecule has 45 heavy (non-hydrogen) atoms. The van der Waals surface area contributed by atoms with Crippen molar-refractivity contribution >= 4 is 32.6 Å². The summed E-state index contributed by atoms with van der Waals surface area (Å²) in [5, 5.41) is 5.23. The van der Waals surface area contributed by atoms with Gasteiger partial charge in [0.2, 0.25) is 0 Å². The Morgan fingerprint density at radius 1 is 0.356 bits per heavy atom. The maximum absolute atomic E-state index is 4.99. The molecule has 9 aromatic rings. The van der Waals surface area contributed by atoms with E-state index in [0.717, 1.165) is 39.6 Å². The zero-order valence-corrected chi connectivity index (χ0v) is 24.4. The van der Waals surface area contributed by atoms with Gasteiger partial charge in [0.25, 0.3) is 0 Å². The van der Waals surface area contributed by atoms with Gasteiger partial charge in [-0.15, -0.1) is 0 Å². The standard InChI is InChI=1S/C42H27N3/c1-3-9-30(10-4-1)36-27-37(44-42(43-36)34-11-5-2-6-12-34)31-19-17-28(18-20-31)29-23-25-35(26-24-29)45-38-15-7-13-32-21-22-33-14-8-16-39(45)41(33)40(32)38/h1-27H. The van der Waals surface area contributed by atoms with Crippen molar-refractivity contribution < 1.29 is 0 Å². The Morgan fingerprint density at radius 3 is 1.38 bits per heavy atom. The van der Waals surface area contributed by atoms with E-state index in [0.29, 0.717) is 0 Å². The van der Waals surface area contributed by atoms with E-state index in [4.69, 9.17) is 9.97 Å². The first-order valence-corrected chi connectivity index (χ1v) is 15.3. The first-order valence-electron chi connectivity index (χ1n) is 15.3. The minimum Gasteiger partial charge on any atom is -0.309 e. The smallest absolute Gasteiger partial charge is 0.160 e. The average molecular weight is 574 g/mol. The van der Waals surface area contributed by atoms with Crippen molar-refractivity contribution in [1.82, 2.24) is 14.5 Å². The molecule has 0 fully saturated rings. The Hall–Kier alpha value is -6.06. The summed E-state index contributed by atoms with van der Waals surface area (Å²) in [6.07, 6.45) is 0. The van der Waals surface area contributed by atoms with Gasteiger partial charge in [0.1, 0.15) is 0 Å². The number of hydrogen-bond acceptors (Lipinski definition) is 2. The van der Waals surface area contributed by atoms with Crippen LogP contribution in [-0.4, -0.2) is 14.5 Å². The van der Waals surface area contributed by atoms with Crippen molar-refractivity contribution in [3.8, 4) is 50.7 Å². The summed E-state index contributed by atoms with van der Waals surface area (Å²) >= 11 is 0. The highest BCUT2D eigenvalue weighted by atomic mass is 15.0. The Kier molecular flexibility index (Phi) is 5.82. The molecule has 0 N–H and O–H groups in total. The van der Waals surface area contributed by atoms with Crippen LogP contribution >= 0.6 is 0 Å². The van der Waals surface area contributed by atoms with Gasteiger partial charge in [0, 0.05) is 33.2 Å². The van der Waals surface area contributed by atoms with Crippen molar-refractivity contribution in [2.45, 2.75) is 0 Å². The number of hydrogen-bond donors (Lipinski definition) is 0. The summed E-state index contributed by atoms with van der Waals surface area (Å²) in [6, 6.07) is 57.8. The van der Waals surface area contributed by atoms with E-state index in [1.807, 2.05) is 36.4 Å². The minimum atomic E-state index is 0.724. The predicted molar refractivity (Wildman–Crippen MR) is 187 cm³/mol. The van der Waals surface area contributed by atoms with E-state index < -0.39 is 0 Å². The molecule has 0 unspecified atom stereocenters. The summed E-state index contributed by atoms with van der Waals surface area (Å²) in [5.74, 6) is 0.724. The summed E-state index contributed by atoms with van der Waals surface area (Å²) in [5.41, 5.74) is 10.9. The Bertz CT molecular complexity index is 2320. The van der Waals surface area contributed by atoms with E-state index in [9.17, 15) is 0 Å². The second-order valence-corrected chi connectivity index (χ2v) is 11.5. The van der Waals surface area contributed by atoms with Crippen molar-refractivity contribution in [1.29, 1.82) is 0 Å². The van der Waals surface area contributed by atoms with Gasteiger partial charge in [-0.2, -0.15) is 0 Å². The molecule has 0 saturated carbocycles. The molecule has 0 atom stereocenters. The fraction of sp³-hybridized carbons (Fsp3) is 0. The summed E-state index contributed by atoms with van der Waals surface area (Å²) in [7, 11) is 0. The second kappa shape index (κ2) is 10.3. The Labute approximate surface area is 261 Å². The van der Waals surface area contributed by atoms with Gasteiger partial charge in [-0.1, -0.05) is 133 Å². The van der Waals surface area contributed by atoms with E-state index in [2.05, 4.69) is 132 Å².